The highest BCUT2D eigenvalue weighted by Crippen LogP contribution is 2.33. The molecule has 0 heterocycles. The minimum absolute atomic E-state index is 0.115. The SMILES string of the molecule is [3H]O[Si](O[3H])(O[3H])C1CCC(O)C(O)C1. The van der Waals surface area contributed by atoms with E-state index in [-0.39, 0.29) is 6.42 Å². The van der Waals surface area contributed by atoms with Crippen molar-refractivity contribution in [1.82, 2.24) is 0 Å². The van der Waals surface area contributed by atoms with Gasteiger partial charge in [-0.05, 0) is 19.3 Å². The maximum Gasteiger partial charge on any atom is 0.496 e. The van der Waals surface area contributed by atoms with Crippen molar-refractivity contribution in [2.45, 2.75) is 37.0 Å². The topological polar surface area (TPSA) is 101 Å². The van der Waals surface area contributed by atoms with Gasteiger partial charge in [-0.2, -0.15) is 0 Å². The maximum atomic E-state index is 9.42. The monoisotopic (exact) mass is 200 g/mol. The Bertz CT molecular complexity index is 197. The molecule has 0 radical (unpaired) electrons. The van der Waals surface area contributed by atoms with Gasteiger partial charge in [0.05, 0.1) is 12.2 Å². The standard InChI is InChI=1S/C6H14O5Si/c7-5-2-1-4(3-6(5)8)12(9,10)11/h4-11H,1-3H2/i9T,10T,11T. The Balaban J connectivity index is 2.69. The Morgan fingerprint density at radius 1 is 1.08 bits per heavy atom. The van der Waals surface area contributed by atoms with Gasteiger partial charge in [0.15, 0.2) is 4.29 Å². The molecule has 0 spiro atoms. The van der Waals surface area contributed by atoms with Crippen LogP contribution in [0.15, 0.2) is 0 Å². The van der Waals surface area contributed by atoms with Crippen LogP contribution < -0.4 is 0 Å². The van der Waals surface area contributed by atoms with Crippen molar-refractivity contribution in [2.75, 3.05) is 0 Å². The minimum Gasteiger partial charge on any atom is -0.390 e. The van der Waals surface area contributed by atoms with Crippen LogP contribution in [0.2, 0.25) is 5.54 Å². The Labute approximate surface area is 75.8 Å². The summed E-state index contributed by atoms with van der Waals surface area (Å²) in [6.45, 7) is 0. The molecule has 0 saturated heterocycles. The van der Waals surface area contributed by atoms with Crippen LogP contribution in [0.3, 0.4) is 0 Å². The van der Waals surface area contributed by atoms with E-state index >= 15 is 0 Å². The first kappa shape index (κ1) is 6.47. The lowest BCUT2D eigenvalue weighted by molar-refractivity contribution is -0.0155. The molecule has 0 amide bonds. The number of aliphatic hydroxyl groups is 2. The molecule has 0 aromatic carbocycles. The highest BCUT2D eigenvalue weighted by Gasteiger charge is 2.43. The number of hydrogen-bond acceptors (Lipinski definition) is 5. The van der Waals surface area contributed by atoms with Crippen molar-refractivity contribution in [3.05, 3.63) is 0 Å². The highest BCUT2D eigenvalue weighted by atomic mass is 28.4. The van der Waals surface area contributed by atoms with E-state index in [4.69, 9.17) is 4.29 Å². The molecule has 0 bridgehead atoms. The van der Waals surface area contributed by atoms with Crippen molar-refractivity contribution in [3.8, 4) is 0 Å². The minimum atomic E-state index is -3.66. The van der Waals surface area contributed by atoms with E-state index in [2.05, 4.69) is 14.4 Å². The Hall–Kier alpha value is 0.0169. The van der Waals surface area contributed by atoms with Crippen molar-refractivity contribution < 1.29 is 24.6 Å². The average molecular weight is 200 g/mol. The second kappa shape index (κ2) is 3.41. The van der Waals surface area contributed by atoms with Crippen molar-refractivity contribution in [1.29, 1.82) is 4.29 Å². The van der Waals surface area contributed by atoms with Crippen LogP contribution >= 0.6 is 0 Å². The van der Waals surface area contributed by atoms with Gasteiger partial charge in [-0.1, -0.05) is 0 Å². The Morgan fingerprint density at radius 2 is 1.75 bits per heavy atom. The molecule has 0 aliphatic heterocycles. The van der Waals surface area contributed by atoms with Gasteiger partial charge in [-0.15, -0.1) is 0 Å². The fourth-order valence-corrected chi connectivity index (χ4v) is 2.50. The molecule has 5 N–H and O–H groups in total. The van der Waals surface area contributed by atoms with Crippen molar-refractivity contribution >= 4 is 8.80 Å². The predicted molar refractivity (Wildman–Crippen MR) is 42.0 cm³/mol. The largest absolute Gasteiger partial charge is 0.496 e. The van der Waals surface area contributed by atoms with Gasteiger partial charge in [-0.3, -0.25) is 0 Å². The maximum absolute atomic E-state index is 9.42. The van der Waals surface area contributed by atoms with Crippen LogP contribution in [0.1, 0.15) is 19.3 Å². The molecule has 1 aliphatic carbocycles. The number of aliphatic hydroxyl groups excluding tert-OH is 2. The third kappa shape index (κ3) is 2.25. The Kier molecular flexibility index (Phi) is 1.84. The molecule has 1 rings (SSSR count). The summed E-state index contributed by atoms with van der Waals surface area (Å²) in [5.41, 5.74) is -0.497. The second-order valence-electron chi connectivity index (χ2n) is 3.25. The molecule has 3 atom stereocenters. The van der Waals surface area contributed by atoms with Crippen LogP contribution in [0.25, 0.3) is 0 Å². The van der Waals surface area contributed by atoms with Gasteiger partial charge in [-0.25, -0.2) is 0 Å². The predicted octanol–water partition coefficient (Wildman–Crippen LogP) is -1.82. The fourth-order valence-electron chi connectivity index (χ4n) is 1.45. The first-order chi connectivity index (χ1) is 7.09. The molecule has 3 unspecified atom stereocenters. The van der Waals surface area contributed by atoms with Gasteiger partial charge in [0.2, 0.25) is 0 Å². The molecule has 1 aliphatic rings. The molecule has 5 nitrogen and oxygen atoms in total. The van der Waals surface area contributed by atoms with Gasteiger partial charge in [0.25, 0.3) is 0 Å². The lowest BCUT2D eigenvalue weighted by Crippen LogP contribution is -2.46. The van der Waals surface area contributed by atoms with Crippen LogP contribution in [-0.2, 0) is 0 Å². The molecule has 72 valence electrons. The fraction of sp³-hybridized carbons (Fsp3) is 1.00. The second-order valence-corrected chi connectivity index (χ2v) is 5.27. The summed E-state index contributed by atoms with van der Waals surface area (Å²) >= 11 is 0. The number of hydrogen-bond donors (Lipinski definition) is 5. The summed E-state index contributed by atoms with van der Waals surface area (Å²) < 4.78 is 20.4. The summed E-state index contributed by atoms with van der Waals surface area (Å²) in [4.78, 5) is 12.7. The number of rotatable bonds is 4. The van der Waals surface area contributed by atoms with E-state index in [0.717, 1.165) is 0 Å². The third-order valence-corrected chi connectivity index (χ3v) is 3.81. The van der Waals surface area contributed by atoms with Crippen LogP contribution in [0.4, 0.5) is 0 Å². The molecule has 0 aromatic heterocycles. The summed E-state index contributed by atoms with van der Waals surface area (Å²) in [6.07, 6.45) is -0.923. The zero-order valence-electron chi connectivity index (χ0n) is 9.47. The first-order valence-electron chi connectivity index (χ1n) is 5.11. The molecule has 0 aromatic rings. The van der Waals surface area contributed by atoms with Crippen LogP contribution in [0.5, 0.6) is 0 Å². The van der Waals surface area contributed by atoms with E-state index in [1.54, 1.807) is 0 Å². The van der Waals surface area contributed by atoms with E-state index in [1.807, 2.05) is 0 Å². The average Bonchev–Trinajstić information content (AvgIpc) is 2.26. The van der Waals surface area contributed by atoms with Crippen LogP contribution in [0, 0.1) is 0 Å². The van der Waals surface area contributed by atoms with E-state index in [1.165, 1.54) is 0 Å². The van der Waals surface area contributed by atoms with Crippen LogP contribution in [-0.4, -0.2) is 49.9 Å². The van der Waals surface area contributed by atoms with Crippen molar-refractivity contribution in [2.24, 2.45) is 0 Å². The molecule has 6 heteroatoms. The normalized spacial score (nSPS) is 41.5. The van der Waals surface area contributed by atoms with Gasteiger partial charge >= 0.3 is 8.80 Å². The zero-order chi connectivity index (χ0) is 11.5. The lowest BCUT2D eigenvalue weighted by atomic mass is 9.94. The van der Waals surface area contributed by atoms with Gasteiger partial charge < -0.3 is 24.6 Å². The van der Waals surface area contributed by atoms with Crippen molar-refractivity contribution in [3.63, 3.8) is 0 Å². The molecular weight excluding hydrogens is 180 g/mol. The first-order valence-corrected chi connectivity index (χ1v) is 5.69. The molecule has 1 saturated carbocycles. The quantitative estimate of drug-likeness (QED) is 0.344. The summed E-state index contributed by atoms with van der Waals surface area (Å²) in [5.74, 6) is 0. The zero-order valence-corrected chi connectivity index (χ0v) is 7.47. The van der Waals surface area contributed by atoms with Gasteiger partial charge in [0.1, 0.15) is 0 Å². The van der Waals surface area contributed by atoms with Gasteiger partial charge in [0, 0.05) is 5.54 Å². The summed E-state index contributed by atoms with van der Waals surface area (Å²) in [7, 11) is -3.66. The smallest absolute Gasteiger partial charge is 0.390 e. The lowest BCUT2D eigenvalue weighted by Gasteiger charge is -2.32. The molecular formula is C6H14O5Si. The highest BCUT2D eigenvalue weighted by molar-refractivity contribution is 6.58. The van der Waals surface area contributed by atoms with E-state index in [0.29, 0.717) is 12.8 Å². The van der Waals surface area contributed by atoms with E-state index in [9.17, 15) is 10.2 Å². The summed E-state index contributed by atoms with van der Waals surface area (Å²) in [6, 6.07) is 0. The Morgan fingerprint density at radius 3 is 2.25 bits per heavy atom. The molecule has 12 heavy (non-hydrogen) atoms. The van der Waals surface area contributed by atoms with E-state index < -0.39 is 26.6 Å². The summed E-state index contributed by atoms with van der Waals surface area (Å²) in [5, 5.41) is 18.7. The molecule has 1 fully saturated rings. The third-order valence-electron chi connectivity index (χ3n) is 2.28.